The number of hydrogen-bond acceptors (Lipinski definition) is 4. The molecule has 27 heavy (non-hydrogen) atoms. The highest BCUT2D eigenvalue weighted by Gasteiger charge is 2.43. The van der Waals surface area contributed by atoms with Gasteiger partial charge in [-0.05, 0) is 44.9 Å². The molecular weight excluding hydrogens is 344 g/mol. The predicted molar refractivity (Wildman–Crippen MR) is 101 cm³/mol. The quantitative estimate of drug-likeness (QED) is 0.818. The minimum atomic E-state index is -0.387. The van der Waals surface area contributed by atoms with Crippen molar-refractivity contribution in [3.63, 3.8) is 0 Å². The number of ether oxygens (including phenoxy) is 1. The summed E-state index contributed by atoms with van der Waals surface area (Å²) in [6.07, 6.45) is 1.43. The van der Waals surface area contributed by atoms with Crippen LogP contribution in [0.3, 0.4) is 0 Å². The number of hydrogen-bond donors (Lipinski definition) is 0. The summed E-state index contributed by atoms with van der Waals surface area (Å²) in [4.78, 5) is 28.8. The molecule has 2 aliphatic rings. The molecule has 0 radical (unpaired) electrons. The van der Waals surface area contributed by atoms with E-state index >= 15 is 0 Å². The van der Waals surface area contributed by atoms with E-state index in [9.17, 15) is 9.59 Å². The Hall–Kier alpha value is -2.60. The average Bonchev–Trinajstić information content (AvgIpc) is 3.03. The first-order valence-electron chi connectivity index (χ1n) is 9.33. The van der Waals surface area contributed by atoms with Crippen molar-refractivity contribution in [1.82, 2.24) is 4.90 Å². The molecule has 3 heterocycles. The van der Waals surface area contributed by atoms with Crippen LogP contribution in [0.4, 0.5) is 5.69 Å². The Morgan fingerprint density at radius 1 is 1.11 bits per heavy atom. The zero-order valence-electron chi connectivity index (χ0n) is 15.7. The van der Waals surface area contributed by atoms with Crippen LogP contribution in [0.25, 0.3) is 0 Å². The zero-order valence-corrected chi connectivity index (χ0v) is 15.7. The van der Waals surface area contributed by atoms with E-state index in [2.05, 4.69) is 0 Å². The molecule has 2 fully saturated rings. The van der Waals surface area contributed by atoms with Crippen LogP contribution in [0.1, 0.15) is 34.7 Å². The zero-order chi connectivity index (χ0) is 19.0. The predicted octanol–water partition coefficient (Wildman–Crippen LogP) is 2.93. The van der Waals surface area contributed by atoms with E-state index in [-0.39, 0.29) is 24.0 Å². The first-order valence-corrected chi connectivity index (χ1v) is 9.33. The van der Waals surface area contributed by atoms with Crippen LogP contribution < -0.4 is 4.90 Å². The molecular formula is C21H24N2O4. The SMILES string of the molecule is Cc1cc(C(=O)N2CCC3(CC2)CN(c2ccccc2)C(=O)CO3)c(C)o1. The second kappa shape index (κ2) is 6.85. The van der Waals surface area contributed by atoms with Crippen molar-refractivity contribution in [2.24, 2.45) is 0 Å². The molecule has 2 aliphatic heterocycles. The monoisotopic (exact) mass is 368 g/mol. The van der Waals surface area contributed by atoms with Crippen LogP contribution in [0.2, 0.25) is 0 Å². The van der Waals surface area contributed by atoms with Gasteiger partial charge in [0.05, 0.1) is 17.7 Å². The summed E-state index contributed by atoms with van der Waals surface area (Å²) >= 11 is 0. The second-order valence-electron chi connectivity index (χ2n) is 7.41. The van der Waals surface area contributed by atoms with E-state index in [1.54, 1.807) is 6.07 Å². The van der Waals surface area contributed by atoms with Crippen LogP contribution in [-0.2, 0) is 9.53 Å². The van der Waals surface area contributed by atoms with Crippen molar-refractivity contribution < 1.29 is 18.7 Å². The molecule has 0 atom stereocenters. The Bertz CT molecular complexity index is 850. The largest absolute Gasteiger partial charge is 0.466 e. The number of carbonyl (C=O) groups excluding carboxylic acids is 2. The summed E-state index contributed by atoms with van der Waals surface area (Å²) in [5, 5.41) is 0. The van der Waals surface area contributed by atoms with E-state index in [1.807, 2.05) is 54.0 Å². The molecule has 2 amide bonds. The molecule has 0 N–H and O–H groups in total. The lowest BCUT2D eigenvalue weighted by atomic mass is 9.88. The van der Waals surface area contributed by atoms with E-state index < -0.39 is 0 Å². The van der Waals surface area contributed by atoms with E-state index in [0.717, 1.165) is 11.4 Å². The molecule has 2 aromatic rings. The Morgan fingerprint density at radius 3 is 2.44 bits per heavy atom. The van der Waals surface area contributed by atoms with E-state index in [4.69, 9.17) is 9.15 Å². The van der Waals surface area contributed by atoms with Gasteiger partial charge in [0.15, 0.2) is 0 Å². The third-order valence-electron chi connectivity index (χ3n) is 5.55. The number of morpholine rings is 1. The van der Waals surface area contributed by atoms with E-state index in [1.165, 1.54) is 0 Å². The van der Waals surface area contributed by atoms with Crippen LogP contribution in [-0.4, -0.2) is 48.6 Å². The number of nitrogens with zero attached hydrogens (tertiary/aromatic N) is 2. The Kier molecular flexibility index (Phi) is 4.52. The first kappa shape index (κ1) is 17.8. The Balaban J connectivity index is 1.45. The fourth-order valence-electron chi connectivity index (χ4n) is 3.99. The summed E-state index contributed by atoms with van der Waals surface area (Å²) in [6.45, 7) is 5.50. The minimum absolute atomic E-state index is 0.00556. The van der Waals surface area contributed by atoms with Crippen molar-refractivity contribution >= 4 is 17.5 Å². The van der Waals surface area contributed by atoms with Gasteiger partial charge in [-0.3, -0.25) is 9.59 Å². The molecule has 0 saturated carbocycles. The summed E-state index contributed by atoms with van der Waals surface area (Å²) in [5.41, 5.74) is 1.14. The summed E-state index contributed by atoms with van der Waals surface area (Å²) in [7, 11) is 0. The van der Waals surface area contributed by atoms with Gasteiger partial charge in [-0.15, -0.1) is 0 Å². The van der Waals surface area contributed by atoms with Gasteiger partial charge in [-0.1, -0.05) is 18.2 Å². The third kappa shape index (κ3) is 3.37. The lowest BCUT2D eigenvalue weighted by molar-refractivity contribution is -0.143. The number of benzene rings is 1. The number of aryl methyl sites for hydroxylation is 2. The lowest BCUT2D eigenvalue weighted by Gasteiger charge is -2.47. The Labute approximate surface area is 158 Å². The number of amides is 2. The molecule has 1 aromatic carbocycles. The number of carbonyl (C=O) groups is 2. The fourth-order valence-corrected chi connectivity index (χ4v) is 3.99. The Morgan fingerprint density at radius 2 is 1.81 bits per heavy atom. The van der Waals surface area contributed by atoms with Gasteiger partial charge in [0.1, 0.15) is 18.1 Å². The highest BCUT2D eigenvalue weighted by Crippen LogP contribution is 2.33. The fraction of sp³-hybridized carbons (Fsp3) is 0.429. The lowest BCUT2D eigenvalue weighted by Crippen LogP contribution is -2.59. The van der Waals surface area contributed by atoms with Gasteiger partial charge < -0.3 is 19.0 Å². The number of para-hydroxylation sites is 1. The highest BCUT2D eigenvalue weighted by atomic mass is 16.5. The number of furan rings is 1. The molecule has 1 spiro atoms. The maximum Gasteiger partial charge on any atom is 0.257 e. The number of piperidine rings is 1. The van der Waals surface area contributed by atoms with Gasteiger partial charge in [-0.2, -0.15) is 0 Å². The maximum atomic E-state index is 12.8. The molecule has 4 rings (SSSR count). The van der Waals surface area contributed by atoms with Gasteiger partial charge in [0, 0.05) is 18.8 Å². The van der Waals surface area contributed by atoms with Crippen molar-refractivity contribution in [1.29, 1.82) is 0 Å². The van der Waals surface area contributed by atoms with Crippen molar-refractivity contribution in [3.8, 4) is 0 Å². The van der Waals surface area contributed by atoms with Crippen LogP contribution in [0.15, 0.2) is 40.8 Å². The number of anilines is 1. The van der Waals surface area contributed by atoms with E-state index in [0.29, 0.717) is 43.8 Å². The molecule has 0 bridgehead atoms. The van der Waals surface area contributed by atoms with Gasteiger partial charge >= 0.3 is 0 Å². The summed E-state index contributed by atoms with van der Waals surface area (Å²) in [6, 6.07) is 11.5. The standard InChI is InChI=1S/C21H24N2O4/c1-15-12-18(16(2)27-15)20(25)22-10-8-21(9-11-22)14-23(19(24)13-26-21)17-6-4-3-5-7-17/h3-7,12H,8-11,13-14H2,1-2H3. The van der Waals surface area contributed by atoms with Crippen LogP contribution in [0, 0.1) is 13.8 Å². The van der Waals surface area contributed by atoms with Gasteiger partial charge in [0.2, 0.25) is 0 Å². The number of rotatable bonds is 2. The molecule has 6 heteroatoms. The summed E-state index contributed by atoms with van der Waals surface area (Å²) < 4.78 is 11.5. The third-order valence-corrected chi connectivity index (χ3v) is 5.55. The minimum Gasteiger partial charge on any atom is -0.466 e. The molecule has 6 nitrogen and oxygen atoms in total. The topological polar surface area (TPSA) is 63.0 Å². The van der Waals surface area contributed by atoms with Crippen molar-refractivity contribution in [2.45, 2.75) is 32.3 Å². The highest BCUT2D eigenvalue weighted by molar-refractivity contribution is 5.96. The number of likely N-dealkylation sites (tertiary alicyclic amines) is 1. The summed E-state index contributed by atoms with van der Waals surface area (Å²) in [5.74, 6) is 1.39. The normalized spacial score (nSPS) is 19.6. The second-order valence-corrected chi connectivity index (χ2v) is 7.41. The molecule has 142 valence electrons. The average molecular weight is 368 g/mol. The van der Waals surface area contributed by atoms with Crippen molar-refractivity contribution in [3.05, 3.63) is 53.5 Å². The molecule has 2 saturated heterocycles. The first-order chi connectivity index (χ1) is 13.0. The maximum absolute atomic E-state index is 12.8. The van der Waals surface area contributed by atoms with Gasteiger partial charge in [-0.25, -0.2) is 0 Å². The van der Waals surface area contributed by atoms with Crippen LogP contribution in [0.5, 0.6) is 0 Å². The van der Waals surface area contributed by atoms with Crippen LogP contribution >= 0.6 is 0 Å². The molecule has 1 aromatic heterocycles. The van der Waals surface area contributed by atoms with Crippen molar-refractivity contribution in [2.75, 3.05) is 31.1 Å². The smallest absolute Gasteiger partial charge is 0.257 e. The van der Waals surface area contributed by atoms with Gasteiger partial charge in [0.25, 0.3) is 11.8 Å². The molecule has 0 unspecified atom stereocenters. The molecule has 0 aliphatic carbocycles.